The Bertz CT molecular complexity index is 859. The van der Waals surface area contributed by atoms with Crippen LogP contribution in [0.5, 0.6) is 11.5 Å². The highest BCUT2D eigenvalue weighted by molar-refractivity contribution is 7.08. The predicted octanol–water partition coefficient (Wildman–Crippen LogP) is 5.33. The number of halogens is 1. The fourth-order valence-corrected chi connectivity index (χ4v) is 2.98. The molecule has 0 saturated carbocycles. The van der Waals surface area contributed by atoms with Crippen LogP contribution in [0.2, 0.25) is 0 Å². The van der Waals surface area contributed by atoms with Gasteiger partial charge in [0.05, 0.1) is 13.7 Å². The van der Waals surface area contributed by atoms with Gasteiger partial charge in [-0.25, -0.2) is 0 Å². The Hall–Kier alpha value is -2.31. The molecule has 0 radical (unpaired) electrons. The van der Waals surface area contributed by atoms with E-state index in [1.807, 2.05) is 35.0 Å². The third-order valence-electron chi connectivity index (χ3n) is 3.35. The van der Waals surface area contributed by atoms with Gasteiger partial charge in [0, 0.05) is 10.9 Å². The molecule has 0 aliphatic heterocycles. The van der Waals surface area contributed by atoms with Crippen LogP contribution in [0.1, 0.15) is 24.8 Å². The minimum absolute atomic E-state index is 0.271. The van der Waals surface area contributed by atoms with Crippen molar-refractivity contribution in [2.75, 3.05) is 13.7 Å². The van der Waals surface area contributed by atoms with Crippen LogP contribution < -0.4 is 9.47 Å². The molecule has 0 aliphatic carbocycles. The predicted molar refractivity (Wildman–Crippen MR) is 100 cm³/mol. The number of methoxy groups -OCH3 is 1. The van der Waals surface area contributed by atoms with E-state index in [1.165, 1.54) is 0 Å². The molecule has 3 rings (SSSR count). The lowest BCUT2D eigenvalue weighted by molar-refractivity contribution is 0.294. The summed E-state index contributed by atoms with van der Waals surface area (Å²) in [5.74, 6) is 2.14. The van der Waals surface area contributed by atoms with Gasteiger partial charge in [0.15, 0.2) is 11.5 Å². The molecular weight excluding hydrogens is 360 g/mol. The lowest BCUT2D eigenvalue weighted by Gasteiger charge is -2.10. The van der Waals surface area contributed by atoms with E-state index < -0.39 is 0 Å². The Morgan fingerprint density at radius 3 is 2.92 bits per heavy atom. The zero-order valence-corrected chi connectivity index (χ0v) is 15.4. The van der Waals surface area contributed by atoms with E-state index >= 15 is 0 Å². The molecule has 2 aromatic heterocycles. The van der Waals surface area contributed by atoms with Crippen LogP contribution in [0, 0.1) is 0 Å². The molecule has 0 atom stereocenters. The van der Waals surface area contributed by atoms with Gasteiger partial charge in [-0.2, -0.15) is 16.3 Å². The van der Waals surface area contributed by atoms with Gasteiger partial charge in [-0.1, -0.05) is 29.7 Å². The molecule has 25 heavy (non-hydrogen) atoms. The van der Waals surface area contributed by atoms with E-state index in [9.17, 15) is 0 Å². The Morgan fingerprint density at radius 1 is 1.32 bits per heavy atom. The fourth-order valence-electron chi connectivity index (χ4n) is 2.14. The number of nitrogens with zero attached hydrogens (tertiary/aromatic N) is 2. The first-order valence-corrected chi connectivity index (χ1v) is 9.08. The van der Waals surface area contributed by atoms with Crippen molar-refractivity contribution >= 4 is 34.0 Å². The van der Waals surface area contributed by atoms with Crippen molar-refractivity contribution in [2.45, 2.75) is 13.3 Å². The Labute approximate surface area is 154 Å². The van der Waals surface area contributed by atoms with E-state index in [4.69, 9.17) is 25.6 Å². The summed E-state index contributed by atoms with van der Waals surface area (Å²) in [6.07, 6.45) is 2.68. The molecule has 0 aliphatic rings. The molecule has 0 amide bonds. The molecule has 0 spiro atoms. The van der Waals surface area contributed by atoms with Crippen molar-refractivity contribution in [3.05, 3.63) is 46.5 Å². The summed E-state index contributed by atoms with van der Waals surface area (Å²) in [7, 11) is 1.61. The van der Waals surface area contributed by atoms with E-state index in [2.05, 4.69) is 17.1 Å². The fraction of sp³-hybridized carbons (Fsp3) is 0.222. The van der Waals surface area contributed by atoms with Gasteiger partial charge in [-0.3, -0.25) is 0 Å². The maximum absolute atomic E-state index is 6.33. The summed E-state index contributed by atoms with van der Waals surface area (Å²) in [5.41, 5.74) is 1.75. The number of hydrogen-bond donors (Lipinski definition) is 0. The van der Waals surface area contributed by atoms with Gasteiger partial charge in [0.2, 0.25) is 5.82 Å². The molecule has 0 fully saturated rings. The highest BCUT2D eigenvalue weighted by atomic mass is 35.5. The van der Waals surface area contributed by atoms with Crippen LogP contribution in [0.3, 0.4) is 0 Å². The molecule has 1 aromatic carbocycles. The second-order valence-electron chi connectivity index (χ2n) is 5.19. The lowest BCUT2D eigenvalue weighted by Crippen LogP contribution is -1.97. The highest BCUT2D eigenvalue weighted by Gasteiger charge is 2.12. The molecule has 0 unspecified atom stereocenters. The zero-order valence-electron chi connectivity index (χ0n) is 13.9. The normalized spacial score (nSPS) is 11.6. The first-order chi connectivity index (χ1) is 12.2. The van der Waals surface area contributed by atoms with Crippen LogP contribution in [-0.4, -0.2) is 23.9 Å². The molecule has 5 nitrogen and oxygen atoms in total. The topological polar surface area (TPSA) is 57.4 Å². The highest BCUT2D eigenvalue weighted by Crippen LogP contribution is 2.31. The molecule has 7 heteroatoms. The second kappa shape index (κ2) is 8.18. The van der Waals surface area contributed by atoms with Crippen LogP contribution in [-0.2, 0) is 0 Å². The summed E-state index contributed by atoms with van der Waals surface area (Å²) in [6.45, 7) is 2.69. The van der Waals surface area contributed by atoms with Crippen LogP contribution in [0.15, 0.2) is 39.5 Å². The molecule has 130 valence electrons. The summed E-state index contributed by atoms with van der Waals surface area (Å²) in [5, 5.41) is 8.22. The zero-order chi connectivity index (χ0) is 17.6. The average molecular weight is 377 g/mol. The SMILES string of the molecule is CCCOc1ccc(C=C(Cl)c2nc(-c3ccsc3)no2)cc1OC. The maximum Gasteiger partial charge on any atom is 0.269 e. The Morgan fingerprint density at radius 2 is 2.20 bits per heavy atom. The van der Waals surface area contributed by atoms with E-state index in [0.717, 1.165) is 17.5 Å². The summed E-state index contributed by atoms with van der Waals surface area (Å²) in [4.78, 5) is 4.32. The van der Waals surface area contributed by atoms with Gasteiger partial charge in [0.25, 0.3) is 5.89 Å². The van der Waals surface area contributed by atoms with Gasteiger partial charge in [-0.05, 0) is 41.6 Å². The number of aromatic nitrogens is 2. The third-order valence-corrected chi connectivity index (χ3v) is 4.31. The maximum atomic E-state index is 6.33. The third kappa shape index (κ3) is 4.21. The van der Waals surface area contributed by atoms with Crippen molar-refractivity contribution in [1.29, 1.82) is 0 Å². The molecule has 2 heterocycles. The minimum Gasteiger partial charge on any atom is -0.493 e. The number of ether oxygens (including phenoxy) is 2. The van der Waals surface area contributed by atoms with Crippen molar-refractivity contribution < 1.29 is 14.0 Å². The van der Waals surface area contributed by atoms with Gasteiger partial charge in [0.1, 0.15) is 5.03 Å². The van der Waals surface area contributed by atoms with E-state index in [0.29, 0.717) is 29.0 Å². The van der Waals surface area contributed by atoms with Crippen molar-refractivity contribution in [3.8, 4) is 22.9 Å². The van der Waals surface area contributed by atoms with Crippen LogP contribution in [0.25, 0.3) is 22.5 Å². The van der Waals surface area contributed by atoms with Crippen molar-refractivity contribution in [1.82, 2.24) is 10.1 Å². The molecular formula is C18H17ClN2O3S. The number of rotatable bonds is 7. The number of hydrogen-bond acceptors (Lipinski definition) is 6. The largest absolute Gasteiger partial charge is 0.493 e. The molecule has 0 saturated heterocycles. The minimum atomic E-state index is 0.271. The average Bonchev–Trinajstić information content (AvgIpc) is 3.31. The van der Waals surface area contributed by atoms with E-state index in [-0.39, 0.29) is 5.89 Å². The van der Waals surface area contributed by atoms with Crippen LogP contribution >= 0.6 is 22.9 Å². The quantitative estimate of drug-likeness (QED) is 0.557. The van der Waals surface area contributed by atoms with Gasteiger partial charge >= 0.3 is 0 Å². The molecule has 0 N–H and O–H groups in total. The summed E-state index contributed by atoms with van der Waals surface area (Å²) >= 11 is 7.90. The number of benzene rings is 1. The number of thiophene rings is 1. The molecule has 0 bridgehead atoms. The molecule has 3 aromatic rings. The first-order valence-electron chi connectivity index (χ1n) is 7.76. The second-order valence-corrected chi connectivity index (χ2v) is 6.37. The smallest absolute Gasteiger partial charge is 0.269 e. The first kappa shape index (κ1) is 17.5. The van der Waals surface area contributed by atoms with E-state index in [1.54, 1.807) is 24.5 Å². The van der Waals surface area contributed by atoms with Crippen molar-refractivity contribution in [2.24, 2.45) is 0 Å². The van der Waals surface area contributed by atoms with Crippen molar-refractivity contribution in [3.63, 3.8) is 0 Å². The Balaban J connectivity index is 1.82. The van der Waals surface area contributed by atoms with Gasteiger partial charge in [-0.15, -0.1) is 0 Å². The summed E-state index contributed by atoms with van der Waals surface area (Å²) in [6, 6.07) is 7.53. The van der Waals surface area contributed by atoms with Gasteiger partial charge < -0.3 is 14.0 Å². The monoisotopic (exact) mass is 376 g/mol. The standard InChI is InChI=1S/C18H17ClN2O3S/c1-3-7-23-15-5-4-12(10-16(15)22-2)9-14(19)18-20-17(21-24-18)13-6-8-25-11-13/h4-6,8-11H,3,7H2,1-2H3. The van der Waals surface area contributed by atoms with Crippen LogP contribution in [0.4, 0.5) is 0 Å². The lowest BCUT2D eigenvalue weighted by atomic mass is 10.2. The Kier molecular flexibility index (Phi) is 5.73. The summed E-state index contributed by atoms with van der Waals surface area (Å²) < 4.78 is 16.3.